The summed E-state index contributed by atoms with van der Waals surface area (Å²) in [5.74, 6) is -0.505. The Kier molecular flexibility index (Phi) is 6.04. The first-order valence-corrected chi connectivity index (χ1v) is 7.32. The molecule has 23 heavy (non-hydrogen) atoms. The van der Waals surface area contributed by atoms with E-state index in [1.807, 2.05) is 13.8 Å². The minimum atomic E-state index is -4.90. The van der Waals surface area contributed by atoms with Gasteiger partial charge < -0.3 is 19.9 Å². The molecular weight excluding hydrogens is 313 g/mol. The van der Waals surface area contributed by atoms with Gasteiger partial charge in [0.2, 0.25) is 5.60 Å². The summed E-state index contributed by atoms with van der Waals surface area (Å²) in [7, 11) is 2.94. The Morgan fingerprint density at radius 3 is 2.57 bits per heavy atom. The molecule has 2 N–H and O–H groups in total. The molecule has 2 amide bonds. The quantitative estimate of drug-likeness (QED) is 0.835. The minimum absolute atomic E-state index is 0.0361. The zero-order chi connectivity index (χ0) is 17.8. The van der Waals surface area contributed by atoms with Gasteiger partial charge >= 0.3 is 12.2 Å². The second kappa shape index (κ2) is 7.20. The molecule has 0 saturated heterocycles. The fraction of sp³-hybridized carbons (Fsp3) is 0.714. The van der Waals surface area contributed by atoms with Crippen LogP contribution >= 0.6 is 0 Å². The molecule has 0 fully saturated rings. The molecule has 0 aromatic carbocycles. The van der Waals surface area contributed by atoms with Crippen LogP contribution in [0.4, 0.5) is 18.0 Å². The number of alkyl halides is 3. The number of amides is 2. The maximum Gasteiger partial charge on any atom is 0.424 e. The Bertz CT molecular complexity index is 532. The van der Waals surface area contributed by atoms with Crippen LogP contribution in [0.5, 0.6) is 0 Å². The van der Waals surface area contributed by atoms with E-state index in [-0.39, 0.29) is 12.6 Å². The fourth-order valence-corrected chi connectivity index (χ4v) is 2.09. The number of aliphatic hydroxyl groups is 1. The third-order valence-electron chi connectivity index (χ3n) is 4.00. The van der Waals surface area contributed by atoms with Gasteiger partial charge in [-0.3, -0.25) is 0 Å². The van der Waals surface area contributed by atoms with Gasteiger partial charge in [-0.15, -0.1) is 0 Å². The molecule has 0 aliphatic carbocycles. The van der Waals surface area contributed by atoms with E-state index >= 15 is 0 Å². The SMILES string of the molecule is CCC(C)N(C)C(=O)NCCC(O)(c1nccn1C)C(F)(F)F. The maximum atomic E-state index is 13.3. The summed E-state index contributed by atoms with van der Waals surface area (Å²) in [5, 5.41) is 12.5. The molecule has 2 atom stereocenters. The lowest BCUT2D eigenvalue weighted by molar-refractivity contribution is -0.272. The van der Waals surface area contributed by atoms with Gasteiger partial charge in [0.1, 0.15) is 5.82 Å². The van der Waals surface area contributed by atoms with Gasteiger partial charge in [0.05, 0.1) is 0 Å². The molecule has 0 saturated carbocycles. The van der Waals surface area contributed by atoms with Gasteiger partial charge in [0.25, 0.3) is 0 Å². The standard InChI is InChI=1S/C14H23F3N4O2/c1-5-10(2)21(4)12(22)19-7-6-13(23,14(15,16)17)11-18-8-9-20(11)3/h8-10,23H,5-7H2,1-4H3,(H,19,22). The van der Waals surface area contributed by atoms with E-state index in [1.165, 1.54) is 24.3 Å². The van der Waals surface area contributed by atoms with E-state index < -0.39 is 30.1 Å². The molecule has 132 valence electrons. The van der Waals surface area contributed by atoms with E-state index in [2.05, 4.69) is 10.3 Å². The highest BCUT2D eigenvalue weighted by atomic mass is 19.4. The van der Waals surface area contributed by atoms with Crippen molar-refractivity contribution in [2.45, 2.75) is 44.5 Å². The maximum absolute atomic E-state index is 13.3. The molecule has 2 unspecified atom stereocenters. The predicted molar refractivity (Wildman–Crippen MR) is 78.7 cm³/mol. The van der Waals surface area contributed by atoms with Gasteiger partial charge in [-0.1, -0.05) is 6.92 Å². The Morgan fingerprint density at radius 1 is 1.52 bits per heavy atom. The first kappa shape index (κ1) is 19.3. The lowest BCUT2D eigenvalue weighted by Crippen LogP contribution is -2.48. The molecule has 0 aliphatic rings. The molecule has 1 rings (SSSR count). The van der Waals surface area contributed by atoms with Gasteiger partial charge in [0, 0.05) is 45.5 Å². The van der Waals surface area contributed by atoms with Crippen LogP contribution in [-0.2, 0) is 12.6 Å². The number of hydrogen-bond donors (Lipinski definition) is 2. The van der Waals surface area contributed by atoms with Crippen molar-refractivity contribution >= 4 is 6.03 Å². The number of nitrogens with zero attached hydrogens (tertiary/aromatic N) is 3. The van der Waals surface area contributed by atoms with Crippen LogP contribution in [0.1, 0.15) is 32.5 Å². The van der Waals surface area contributed by atoms with Gasteiger partial charge in [-0.05, 0) is 13.3 Å². The first-order valence-electron chi connectivity index (χ1n) is 7.32. The summed E-state index contributed by atoms with van der Waals surface area (Å²) in [5.41, 5.74) is -3.12. The van der Waals surface area contributed by atoms with Gasteiger partial charge in [0.15, 0.2) is 0 Å². The highest BCUT2D eigenvalue weighted by Gasteiger charge is 2.57. The predicted octanol–water partition coefficient (Wildman–Crippen LogP) is 2.00. The molecule has 1 heterocycles. The third-order valence-corrected chi connectivity index (χ3v) is 4.00. The van der Waals surface area contributed by atoms with E-state index in [0.29, 0.717) is 0 Å². The number of nitrogens with one attached hydrogen (secondary N) is 1. The molecule has 1 aromatic rings. The minimum Gasteiger partial charge on any atom is -0.374 e. The second-order valence-corrected chi connectivity index (χ2v) is 5.57. The summed E-state index contributed by atoms with van der Waals surface area (Å²) in [4.78, 5) is 16.9. The number of carbonyl (C=O) groups excluding carboxylic acids is 1. The van der Waals surface area contributed by atoms with Crippen LogP contribution in [0.25, 0.3) is 0 Å². The summed E-state index contributed by atoms with van der Waals surface area (Å²) in [6.45, 7) is 3.40. The number of rotatable bonds is 6. The zero-order valence-corrected chi connectivity index (χ0v) is 13.7. The average molecular weight is 336 g/mol. The third kappa shape index (κ3) is 4.15. The number of halogens is 3. The van der Waals surface area contributed by atoms with E-state index in [1.54, 1.807) is 7.05 Å². The number of urea groups is 1. The highest BCUT2D eigenvalue weighted by Crippen LogP contribution is 2.40. The molecule has 6 nitrogen and oxygen atoms in total. The van der Waals surface area contributed by atoms with E-state index in [0.717, 1.165) is 11.0 Å². The molecule has 9 heteroatoms. The normalized spacial score (nSPS) is 15.8. The topological polar surface area (TPSA) is 70.4 Å². The van der Waals surface area contributed by atoms with Crippen molar-refractivity contribution in [3.8, 4) is 0 Å². The smallest absolute Gasteiger partial charge is 0.374 e. The largest absolute Gasteiger partial charge is 0.424 e. The summed E-state index contributed by atoms with van der Waals surface area (Å²) < 4.78 is 41.0. The number of aromatic nitrogens is 2. The Morgan fingerprint density at radius 2 is 2.13 bits per heavy atom. The fourth-order valence-electron chi connectivity index (χ4n) is 2.09. The summed E-state index contributed by atoms with van der Waals surface area (Å²) >= 11 is 0. The number of carbonyl (C=O) groups is 1. The zero-order valence-electron chi connectivity index (χ0n) is 13.7. The Hall–Kier alpha value is -1.77. The summed E-state index contributed by atoms with van der Waals surface area (Å²) in [6, 6.07) is -0.519. The average Bonchev–Trinajstić information content (AvgIpc) is 2.90. The monoisotopic (exact) mass is 336 g/mol. The highest BCUT2D eigenvalue weighted by molar-refractivity contribution is 5.74. The molecule has 0 aliphatic heterocycles. The van der Waals surface area contributed by atoms with Gasteiger partial charge in [-0.2, -0.15) is 13.2 Å². The van der Waals surface area contributed by atoms with E-state index in [9.17, 15) is 23.1 Å². The van der Waals surface area contributed by atoms with Crippen LogP contribution in [0, 0.1) is 0 Å². The molecule has 0 spiro atoms. The number of aryl methyl sites for hydroxylation is 1. The first-order chi connectivity index (χ1) is 10.5. The molecule has 0 bridgehead atoms. The van der Waals surface area contributed by atoms with Crippen LogP contribution in [-0.4, -0.2) is 51.4 Å². The van der Waals surface area contributed by atoms with Crippen LogP contribution in [0.2, 0.25) is 0 Å². The van der Waals surface area contributed by atoms with Crippen molar-refractivity contribution in [1.82, 2.24) is 19.8 Å². The van der Waals surface area contributed by atoms with Crippen molar-refractivity contribution < 1.29 is 23.1 Å². The summed E-state index contributed by atoms with van der Waals surface area (Å²) in [6.07, 6.45) is -2.40. The van der Waals surface area contributed by atoms with E-state index in [4.69, 9.17) is 0 Å². The van der Waals surface area contributed by atoms with Crippen molar-refractivity contribution in [3.63, 3.8) is 0 Å². The Labute approximate surface area is 133 Å². The van der Waals surface area contributed by atoms with Crippen molar-refractivity contribution in [1.29, 1.82) is 0 Å². The molecular formula is C14H23F3N4O2. The van der Waals surface area contributed by atoms with Crippen molar-refractivity contribution in [3.05, 3.63) is 18.2 Å². The van der Waals surface area contributed by atoms with Crippen LogP contribution in [0.3, 0.4) is 0 Å². The van der Waals surface area contributed by atoms with Crippen molar-refractivity contribution in [2.75, 3.05) is 13.6 Å². The molecule has 1 aromatic heterocycles. The van der Waals surface area contributed by atoms with Crippen LogP contribution in [0.15, 0.2) is 12.4 Å². The van der Waals surface area contributed by atoms with Gasteiger partial charge in [-0.25, -0.2) is 9.78 Å². The Balaban J connectivity index is 2.79. The lowest BCUT2D eigenvalue weighted by Gasteiger charge is -2.30. The second-order valence-electron chi connectivity index (χ2n) is 5.57. The lowest BCUT2D eigenvalue weighted by atomic mass is 9.97. The van der Waals surface area contributed by atoms with Crippen molar-refractivity contribution in [2.24, 2.45) is 7.05 Å². The molecule has 0 radical (unpaired) electrons. The number of hydrogen-bond acceptors (Lipinski definition) is 3. The van der Waals surface area contributed by atoms with Crippen LogP contribution < -0.4 is 5.32 Å². The number of imidazole rings is 1.